The van der Waals surface area contributed by atoms with Crippen LogP contribution in [0.25, 0.3) is 0 Å². The van der Waals surface area contributed by atoms with Gasteiger partial charge in [-0.3, -0.25) is 0 Å². The first-order valence-corrected chi connectivity index (χ1v) is 11.1. The van der Waals surface area contributed by atoms with Gasteiger partial charge in [0.25, 0.3) is 0 Å². The summed E-state index contributed by atoms with van der Waals surface area (Å²) in [6, 6.07) is 9.20. The molecule has 5 rings (SSSR count). The van der Waals surface area contributed by atoms with Gasteiger partial charge in [0, 0.05) is 0 Å². The third kappa shape index (κ3) is 2.93. The lowest BCUT2D eigenvalue weighted by molar-refractivity contribution is -0.199. The molecular weight excluding hydrogens is 349 g/mol. The van der Waals surface area contributed by atoms with Crippen LogP contribution >= 0.6 is 0 Å². The van der Waals surface area contributed by atoms with Gasteiger partial charge in [-0.15, -0.1) is 0 Å². The molecule has 0 amide bonds. The molecule has 1 saturated heterocycles. The normalized spacial score (nSPS) is 36.3. The van der Waals surface area contributed by atoms with Gasteiger partial charge in [0.1, 0.15) is 0 Å². The van der Waals surface area contributed by atoms with Crippen molar-refractivity contribution in [1.29, 1.82) is 0 Å². The summed E-state index contributed by atoms with van der Waals surface area (Å²) in [5.74, 6) is 0.685. The van der Waals surface area contributed by atoms with E-state index in [4.69, 9.17) is 9.31 Å². The number of hydrogen-bond acceptors (Lipinski definition) is 4. The summed E-state index contributed by atoms with van der Waals surface area (Å²) in [6.45, 7) is 8.60. The average Bonchev–Trinajstić information content (AvgIpc) is 2.92. The SMILES string of the molecule is C[C@H](NS(=O)(=O)Cc1ccccc1)B1OC2CC3CC(C3(C)C)[C@]2(C)O1. The van der Waals surface area contributed by atoms with Gasteiger partial charge in [-0.05, 0) is 42.6 Å². The molecule has 0 aromatic heterocycles. The van der Waals surface area contributed by atoms with Crippen molar-refractivity contribution >= 4 is 17.1 Å². The van der Waals surface area contributed by atoms with Gasteiger partial charge < -0.3 is 9.31 Å². The van der Waals surface area contributed by atoms with E-state index in [9.17, 15) is 8.42 Å². The Bertz CT molecular complexity index is 784. The molecule has 1 N–H and O–H groups in total. The summed E-state index contributed by atoms with van der Waals surface area (Å²) in [6.07, 6.45) is 2.25. The van der Waals surface area contributed by atoms with Crippen molar-refractivity contribution in [1.82, 2.24) is 4.72 Å². The first kappa shape index (κ1) is 18.5. The molecule has 5 nitrogen and oxygen atoms in total. The average molecular weight is 377 g/mol. The van der Waals surface area contributed by atoms with E-state index in [1.165, 1.54) is 6.42 Å². The number of nitrogens with one attached hydrogen (secondary N) is 1. The van der Waals surface area contributed by atoms with Crippen LogP contribution in [0.4, 0.5) is 0 Å². The zero-order chi connectivity index (χ0) is 18.7. The molecule has 4 fully saturated rings. The summed E-state index contributed by atoms with van der Waals surface area (Å²) in [4.78, 5) is 0. The quantitative estimate of drug-likeness (QED) is 0.802. The smallest absolute Gasteiger partial charge is 0.404 e. The van der Waals surface area contributed by atoms with E-state index in [1.54, 1.807) is 0 Å². The predicted octanol–water partition coefficient (Wildman–Crippen LogP) is 2.76. The minimum atomic E-state index is -3.46. The standard InChI is InChI=1S/C19H28BNO4S/c1-13(21-26(22,23)12-14-8-6-5-7-9-14)20-24-17-11-15-10-16(18(15,2)3)19(17,4)25-20/h5-9,13,15-17,21H,10-12H2,1-4H3/t13-,15?,16?,17?,19-/m0/s1. The zero-order valence-electron chi connectivity index (χ0n) is 15.9. The van der Waals surface area contributed by atoms with Crippen LogP contribution in [0, 0.1) is 17.3 Å². The van der Waals surface area contributed by atoms with Gasteiger partial charge in [0.05, 0.1) is 23.4 Å². The molecule has 3 saturated carbocycles. The van der Waals surface area contributed by atoms with E-state index in [2.05, 4.69) is 25.5 Å². The summed E-state index contributed by atoms with van der Waals surface area (Å²) in [7, 11) is -4.00. The van der Waals surface area contributed by atoms with Crippen LogP contribution in [-0.4, -0.2) is 33.2 Å². The summed E-state index contributed by atoms with van der Waals surface area (Å²) in [5, 5.41) is 0. The van der Waals surface area contributed by atoms with Crippen molar-refractivity contribution in [2.75, 3.05) is 0 Å². The molecule has 0 spiro atoms. The Labute approximate surface area is 157 Å². The minimum absolute atomic E-state index is 0.0384. The van der Waals surface area contributed by atoms with Crippen LogP contribution in [0.15, 0.2) is 30.3 Å². The molecule has 1 aromatic carbocycles. The lowest BCUT2D eigenvalue weighted by atomic mass is 9.43. The fourth-order valence-electron chi connectivity index (χ4n) is 5.29. The van der Waals surface area contributed by atoms with E-state index in [0.717, 1.165) is 12.0 Å². The molecule has 4 aliphatic rings. The molecule has 1 aromatic rings. The molecule has 5 atom stereocenters. The highest BCUT2D eigenvalue weighted by Gasteiger charge is 2.68. The van der Waals surface area contributed by atoms with Gasteiger partial charge in [0.15, 0.2) is 0 Å². The third-order valence-electron chi connectivity index (χ3n) is 6.94. The fourth-order valence-corrected chi connectivity index (χ4v) is 6.68. The van der Waals surface area contributed by atoms with Crippen molar-refractivity contribution in [2.24, 2.45) is 17.3 Å². The van der Waals surface area contributed by atoms with E-state index in [1.807, 2.05) is 37.3 Å². The Hall–Kier alpha value is -0.885. The topological polar surface area (TPSA) is 64.6 Å². The highest BCUT2D eigenvalue weighted by atomic mass is 32.2. The molecule has 0 radical (unpaired) electrons. The van der Waals surface area contributed by atoms with Crippen molar-refractivity contribution in [2.45, 2.75) is 63.9 Å². The molecule has 3 unspecified atom stereocenters. The second kappa shape index (κ2) is 6.06. The Morgan fingerprint density at radius 2 is 1.92 bits per heavy atom. The van der Waals surface area contributed by atoms with E-state index >= 15 is 0 Å². The van der Waals surface area contributed by atoms with Gasteiger partial charge in [-0.2, -0.15) is 0 Å². The van der Waals surface area contributed by atoms with Crippen molar-refractivity contribution in [3.63, 3.8) is 0 Å². The highest BCUT2D eigenvalue weighted by molar-refractivity contribution is 7.88. The summed E-state index contributed by atoms with van der Waals surface area (Å²) >= 11 is 0. The first-order valence-electron chi connectivity index (χ1n) is 9.49. The highest BCUT2D eigenvalue weighted by Crippen LogP contribution is 2.65. The van der Waals surface area contributed by atoms with Crippen molar-refractivity contribution in [3.8, 4) is 0 Å². The Morgan fingerprint density at radius 1 is 1.23 bits per heavy atom. The Balaban J connectivity index is 1.43. The van der Waals surface area contributed by atoms with Crippen LogP contribution in [0.5, 0.6) is 0 Å². The predicted molar refractivity (Wildman–Crippen MR) is 102 cm³/mol. The van der Waals surface area contributed by atoms with Crippen LogP contribution in [-0.2, 0) is 25.1 Å². The van der Waals surface area contributed by atoms with Gasteiger partial charge in [0.2, 0.25) is 10.0 Å². The lowest BCUT2D eigenvalue weighted by Gasteiger charge is -2.64. The third-order valence-corrected chi connectivity index (χ3v) is 8.39. The van der Waals surface area contributed by atoms with E-state index in [-0.39, 0.29) is 22.9 Å². The van der Waals surface area contributed by atoms with Crippen LogP contribution in [0.1, 0.15) is 46.1 Å². The maximum atomic E-state index is 12.5. The molecule has 142 valence electrons. The molecule has 2 bridgehead atoms. The van der Waals surface area contributed by atoms with Gasteiger partial charge >= 0.3 is 7.12 Å². The van der Waals surface area contributed by atoms with Crippen LogP contribution in [0.3, 0.4) is 0 Å². The molecular formula is C19H28BNO4S. The fraction of sp³-hybridized carbons (Fsp3) is 0.684. The van der Waals surface area contributed by atoms with Crippen molar-refractivity contribution < 1.29 is 17.7 Å². The maximum absolute atomic E-state index is 12.5. The zero-order valence-corrected chi connectivity index (χ0v) is 16.8. The van der Waals surface area contributed by atoms with Crippen LogP contribution in [0.2, 0.25) is 0 Å². The van der Waals surface area contributed by atoms with Crippen molar-refractivity contribution in [3.05, 3.63) is 35.9 Å². The van der Waals surface area contributed by atoms with Gasteiger partial charge in [-0.25, -0.2) is 13.1 Å². The van der Waals surface area contributed by atoms with E-state index in [0.29, 0.717) is 11.8 Å². The van der Waals surface area contributed by atoms with Gasteiger partial charge in [-0.1, -0.05) is 51.1 Å². The minimum Gasteiger partial charge on any atom is -0.404 e. The molecule has 7 heteroatoms. The maximum Gasteiger partial charge on any atom is 0.476 e. The number of rotatable bonds is 5. The Morgan fingerprint density at radius 3 is 2.58 bits per heavy atom. The van der Waals surface area contributed by atoms with E-state index < -0.39 is 23.1 Å². The molecule has 1 heterocycles. The second-order valence-electron chi connectivity index (χ2n) is 8.99. The summed E-state index contributed by atoms with van der Waals surface area (Å²) < 4.78 is 40.3. The monoisotopic (exact) mass is 377 g/mol. The Kier molecular flexibility index (Phi) is 4.31. The lowest BCUT2D eigenvalue weighted by Crippen LogP contribution is -2.65. The number of sulfonamides is 1. The molecule has 1 aliphatic heterocycles. The number of benzene rings is 1. The van der Waals surface area contributed by atoms with Crippen LogP contribution < -0.4 is 4.72 Å². The first-order chi connectivity index (χ1) is 12.1. The largest absolute Gasteiger partial charge is 0.476 e. The second-order valence-corrected chi connectivity index (χ2v) is 10.7. The molecule has 3 aliphatic carbocycles. The number of hydrogen-bond donors (Lipinski definition) is 1. The summed E-state index contributed by atoms with van der Waals surface area (Å²) in [5.41, 5.74) is 0.727. The molecule has 26 heavy (non-hydrogen) atoms.